The number of anilines is 1. The lowest BCUT2D eigenvalue weighted by Gasteiger charge is -2.34. The third-order valence-corrected chi connectivity index (χ3v) is 8.24. The van der Waals surface area contributed by atoms with Gasteiger partial charge in [-0.05, 0) is 42.7 Å². The largest absolute Gasteiger partial charge is 0.495 e. The zero-order valence-electron chi connectivity index (χ0n) is 24.4. The Hall–Kier alpha value is -4.16. The molecule has 0 spiro atoms. The fraction of sp³-hybridized carbons (Fsp3) is 0.333. The molecule has 11 nitrogen and oxygen atoms in total. The van der Waals surface area contributed by atoms with E-state index >= 15 is 0 Å². The summed E-state index contributed by atoms with van der Waals surface area (Å²) in [7, 11) is -2.88. The Morgan fingerprint density at radius 1 is 1.05 bits per heavy atom. The molecule has 0 radical (unpaired) electrons. The average Bonchev–Trinajstić information content (AvgIpc) is 2.97. The van der Waals surface area contributed by atoms with E-state index in [9.17, 15) is 28.1 Å². The molecule has 1 N–H and O–H groups in total. The monoisotopic (exact) mass is 630 g/mol. The molecule has 0 aromatic heterocycles. The van der Waals surface area contributed by atoms with Crippen molar-refractivity contribution in [3.8, 4) is 5.75 Å². The number of hydrogen-bond donors (Lipinski definition) is 1. The van der Waals surface area contributed by atoms with Crippen molar-refractivity contribution in [3.05, 3.63) is 99.1 Å². The maximum atomic E-state index is 14.2. The molecular weight excluding hydrogens is 596 g/mol. The lowest BCUT2D eigenvalue weighted by atomic mass is 10.0. The zero-order valence-corrected chi connectivity index (χ0v) is 26.0. The van der Waals surface area contributed by atoms with Crippen molar-refractivity contribution in [3.63, 3.8) is 0 Å². The number of amides is 2. The molecule has 3 aromatic carbocycles. The van der Waals surface area contributed by atoms with Crippen molar-refractivity contribution < 1.29 is 27.7 Å². The Kier molecular flexibility index (Phi) is 11.5. The number of benzene rings is 3. The van der Waals surface area contributed by atoms with Crippen molar-refractivity contribution in [1.29, 1.82) is 0 Å². The number of halogens is 1. The molecule has 13 heteroatoms. The fourth-order valence-electron chi connectivity index (χ4n) is 4.36. The highest BCUT2D eigenvalue weighted by Crippen LogP contribution is 2.34. The van der Waals surface area contributed by atoms with Gasteiger partial charge in [-0.15, -0.1) is 0 Å². The molecule has 0 aliphatic rings. The van der Waals surface area contributed by atoms with E-state index in [1.165, 1.54) is 24.1 Å². The molecule has 230 valence electrons. The molecule has 43 heavy (non-hydrogen) atoms. The molecule has 3 aromatic rings. The number of carbonyl (C=O) groups is 2. The smallest absolute Gasteiger partial charge is 0.271 e. The van der Waals surface area contributed by atoms with Crippen molar-refractivity contribution in [2.45, 2.75) is 45.3 Å². The van der Waals surface area contributed by atoms with Crippen LogP contribution in [0.2, 0.25) is 5.02 Å². The number of hydrogen-bond acceptors (Lipinski definition) is 7. The molecule has 0 unspecified atom stereocenters. The molecule has 0 saturated carbocycles. The first-order valence-electron chi connectivity index (χ1n) is 13.5. The van der Waals surface area contributed by atoms with Crippen LogP contribution in [0, 0.1) is 10.1 Å². The van der Waals surface area contributed by atoms with Gasteiger partial charge in [0.1, 0.15) is 24.0 Å². The molecule has 3 rings (SSSR count). The molecule has 0 fully saturated rings. The SMILES string of the molecule is CC[C@H](C)NC(=O)[C@H](Cc1ccccc1)N(Cc1ccc(Cl)cc1)C(=O)CN(c1cc([N+](=O)[O-])ccc1OC)S(C)(=O)=O. The van der Waals surface area contributed by atoms with Gasteiger partial charge >= 0.3 is 0 Å². The summed E-state index contributed by atoms with van der Waals surface area (Å²) in [6, 6.07) is 18.2. The zero-order chi connectivity index (χ0) is 31.7. The molecule has 0 saturated heterocycles. The Morgan fingerprint density at radius 3 is 2.26 bits per heavy atom. The number of nitrogens with zero attached hydrogens (tertiary/aromatic N) is 3. The number of nitrogens with one attached hydrogen (secondary N) is 1. The summed E-state index contributed by atoms with van der Waals surface area (Å²) >= 11 is 6.08. The van der Waals surface area contributed by atoms with Crippen LogP contribution in [0.3, 0.4) is 0 Å². The number of sulfonamides is 1. The molecule has 0 aliphatic carbocycles. The Bertz CT molecular complexity index is 1540. The van der Waals surface area contributed by atoms with Crippen LogP contribution < -0.4 is 14.4 Å². The highest BCUT2D eigenvalue weighted by molar-refractivity contribution is 7.92. The van der Waals surface area contributed by atoms with Gasteiger partial charge in [-0.2, -0.15) is 0 Å². The predicted octanol–water partition coefficient (Wildman–Crippen LogP) is 4.58. The van der Waals surface area contributed by atoms with E-state index in [2.05, 4.69) is 5.32 Å². The minimum Gasteiger partial charge on any atom is -0.495 e. The number of methoxy groups -OCH3 is 1. The number of non-ortho nitro benzene ring substituents is 1. The Balaban J connectivity index is 2.13. The summed E-state index contributed by atoms with van der Waals surface area (Å²) in [6.45, 7) is 2.99. The number of carbonyl (C=O) groups excluding carboxylic acids is 2. The minimum absolute atomic E-state index is 0.0171. The van der Waals surface area contributed by atoms with E-state index in [1.807, 2.05) is 44.2 Å². The second kappa shape index (κ2) is 14.8. The van der Waals surface area contributed by atoms with E-state index in [0.29, 0.717) is 17.0 Å². The normalized spacial score (nSPS) is 12.6. The number of nitro groups is 1. The van der Waals surface area contributed by atoms with Gasteiger partial charge in [0.2, 0.25) is 21.8 Å². The predicted molar refractivity (Wildman–Crippen MR) is 166 cm³/mol. The number of nitro benzene ring substituents is 1. The maximum absolute atomic E-state index is 14.2. The second-order valence-corrected chi connectivity index (χ2v) is 12.4. The lowest BCUT2D eigenvalue weighted by molar-refractivity contribution is -0.384. The Labute approximate surface area is 256 Å². The van der Waals surface area contributed by atoms with Gasteiger partial charge in [0.15, 0.2) is 0 Å². The molecule has 2 amide bonds. The van der Waals surface area contributed by atoms with E-state index in [1.54, 1.807) is 24.3 Å². The first-order valence-corrected chi connectivity index (χ1v) is 15.7. The van der Waals surface area contributed by atoms with E-state index in [4.69, 9.17) is 16.3 Å². The third kappa shape index (κ3) is 9.16. The third-order valence-electron chi connectivity index (χ3n) is 6.86. The van der Waals surface area contributed by atoms with Gasteiger partial charge in [-0.1, -0.05) is 61.0 Å². The first kappa shape index (κ1) is 33.3. The van der Waals surface area contributed by atoms with Gasteiger partial charge in [-0.25, -0.2) is 8.42 Å². The van der Waals surface area contributed by atoms with Crippen LogP contribution in [-0.2, 0) is 32.6 Å². The van der Waals surface area contributed by atoms with E-state index < -0.39 is 39.3 Å². The van der Waals surface area contributed by atoms with Crippen LogP contribution in [0.1, 0.15) is 31.4 Å². The Morgan fingerprint density at radius 2 is 1.70 bits per heavy atom. The highest BCUT2D eigenvalue weighted by Gasteiger charge is 2.34. The summed E-state index contributed by atoms with van der Waals surface area (Å²) in [5, 5.41) is 14.9. The summed E-state index contributed by atoms with van der Waals surface area (Å²) in [4.78, 5) is 40.1. The minimum atomic E-state index is -4.16. The topological polar surface area (TPSA) is 139 Å². The average molecular weight is 631 g/mol. The molecule has 2 atom stereocenters. The standard InChI is InChI=1S/C30H35ClN4O7S/c1-5-21(2)32-30(37)27(17-22-9-7-6-8-10-22)33(19-23-11-13-24(31)14-12-23)29(36)20-34(43(4,40)41)26-18-25(35(38)39)15-16-28(26)42-3/h6-16,18,21,27H,5,17,19-20H2,1-4H3,(H,32,37)/t21-,27-/m0/s1. The summed E-state index contributed by atoms with van der Waals surface area (Å²) in [5.41, 5.74) is 0.888. The summed E-state index contributed by atoms with van der Waals surface area (Å²) < 4.78 is 32.1. The van der Waals surface area contributed by atoms with Crippen LogP contribution >= 0.6 is 11.6 Å². The van der Waals surface area contributed by atoms with Crippen LogP contribution in [-0.4, -0.2) is 62.0 Å². The summed E-state index contributed by atoms with van der Waals surface area (Å²) in [5.74, 6) is -1.09. The summed E-state index contributed by atoms with van der Waals surface area (Å²) in [6.07, 6.45) is 1.70. The van der Waals surface area contributed by atoms with Crippen molar-refractivity contribution in [1.82, 2.24) is 10.2 Å². The van der Waals surface area contributed by atoms with Gasteiger partial charge < -0.3 is 15.0 Å². The number of rotatable bonds is 14. The molecular formula is C30H35ClN4O7S. The van der Waals surface area contributed by atoms with Gasteiger partial charge in [0, 0.05) is 36.2 Å². The van der Waals surface area contributed by atoms with Crippen LogP contribution in [0.4, 0.5) is 11.4 Å². The maximum Gasteiger partial charge on any atom is 0.271 e. The van der Waals surface area contributed by atoms with Crippen molar-refractivity contribution in [2.75, 3.05) is 24.2 Å². The highest BCUT2D eigenvalue weighted by atomic mass is 35.5. The van der Waals surface area contributed by atoms with Gasteiger partial charge in [0.05, 0.1) is 18.3 Å². The van der Waals surface area contributed by atoms with Crippen molar-refractivity contribution >= 4 is 44.8 Å². The van der Waals surface area contributed by atoms with Crippen molar-refractivity contribution in [2.24, 2.45) is 0 Å². The van der Waals surface area contributed by atoms with E-state index in [-0.39, 0.29) is 36.1 Å². The van der Waals surface area contributed by atoms with Gasteiger partial charge in [0.25, 0.3) is 5.69 Å². The number of ether oxygens (including phenoxy) is 1. The quantitative estimate of drug-likeness (QED) is 0.203. The van der Waals surface area contributed by atoms with Crippen LogP contribution in [0.25, 0.3) is 0 Å². The molecule has 0 bridgehead atoms. The van der Waals surface area contributed by atoms with E-state index in [0.717, 1.165) is 22.2 Å². The fourth-order valence-corrected chi connectivity index (χ4v) is 5.33. The molecule has 0 aliphatic heterocycles. The van der Waals surface area contributed by atoms with Gasteiger partial charge in [-0.3, -0.25) is 24.0 Å². The van der Waals surface area contributed by atoms with Crippen LogP contribution in [0.15, 0.2) is 72.8 Å². The first-order chi connectivity index (χ1) is 20.3. The molecule has 0 heterocycles. The lowest BCUT2D eigenvalue weighted by Crippen LogP contribution is -2.54. The second-order valence-electron chi connectivity index (χ2n) is 10.1. The van der Waals surface area contributed by atoms with Crippen LogP contribution in [0.5, 0.6) is 5.75 Å².